The maximum absolute atomic E-state index is 14.0. The van der Waals surface area contributed by atoms with E-state index in [1.165, 1.54) is 31.2 Å². The number of carbonyl (C=O) groups is 2. The van der Waals surface area contributed by atoms with Gasteiger partial charge in [-0.25, -0.2) is 9.18 Å². The number of carbonyl (C=O) groups excluding carboxylic acids is 2. The van der Waals surface area contributed by atoms with E-state index in [1.54, 1.807) is 44.3 Å². The van der Waals surface area contributed by atoms with Crippen LogP contribution >= 0.6 is 0 Å². The zero-order chi connectivity index (χ0) is 19.3. The van der Waals surface area contributed by atoms with Gasteiger partial charge in [0.15, 0.2) is 0 Å². The summed E-state index contributed by atoms with van der Waals surface area (Å²) >= 11 is 0. The van der Waals surface area contributed by atoms with Crippen molar-refractivity contribution in [3.63, 3.8) is 0 Å². The van der Waals surface area contributed by atoms with E-state index in [4.69, 9.17) is 4.74 Å². The molecule has 0 fully saturated rings. The zero-order valence-electron chi connectivity index (χ0n) is 15.2. The Bertz CT molecular complexity index is 810. The molecule has 0 radical (unpaired) electrons. The Labute approximate surface area is 152 Å². The number of hydrogen-bond donors (Lipinski definition) is 2. The summed E-state index contributed by atoms with van der Waals surface area (Å²) < 4.78 is 19.2. The van der Waals surface area contributed by atoms with Gasteiger partial charge in [-0.05, 0) is 31.2 Å². The number of anilines is 1. The summed E-state index contributed by atoms with van der Waals surface area (Å²) in [5.41, 5.74) is 1.15. The molecular weight excluding hydrogens is 337 g/mol. The summed E-state index contributed by atoms with van der Waals surface area (Å²) in [4.78, 5) is 25.8. The van der Waals surface area contributed by atoms with Crippen LogP contribution in [0.5, 0.6) is 5.75 Å². The number of nitrogens with one attached hydrogen (secondary N) is 2. The summed E-state index contributed by atoms with van der Waals surface area (Å²) in [6, 6.07) is 10.1. The molecule has 2 N–H and O–H groups in total. The molecule has 0 saturated heterocycles. The lowest BCUT2D eigenvalue weighted by atomic mass is 10.1. The lowest BCUT2D eigenvalue weighted by Crippen LogP contribution is -2.34. The summed E-state index contributed by atoms with van der Waals surface area (Å²) in [6.07, 6.45) is 0. The fourth-order valence-electron chi connectivity index (χ4n) is 2.49. The fraction of sp³-hybridized carbons (Fsp3) is 0.263. The summed E-state index contributed by atoms with van der Waals surface area (Å²) in [5, 5.41) is 5.23. The van der Waals surface area contributed by atoms with E-state index in [0.717, 1.165) is 0 Å². The average molecular weight is 359 g/mol. The van der Waals surface area contributed by atoms with Crippen molar-refractivity contribution in [2.24, 2.45) is 0 Å². The third-order valence-electron chi connectivity index (χ3n) is 4.19. The van der Waals surface area contributed by atoms with Crippen LogP contribution in [0.1, 0.15) is 28.9 Å². The van der Waals surface area contributed by atoms with Gasteiger partial charge in [0.1, 0.15) is 11.6 Å². The molecule has 0 aliphatic rings. The Morgan fingerprint density at radius 3 is 2.50 bits per heavy atom. The number of ether oxygens (including phenoxy) is 1. The highest BCUT2D eigenvalue weighted by molar-refractivity contribution is 5.97. The molecule has 3 amide bonds. The van der Waals surface area contributed by atoms with Gasteiger partial charge in [-0.1, -0.05) is 18.2 Å². The monoisotopic (exact) mass is 359 g/mol. The van der Waals surface area contributed by atoms with Crippen molar-refractivity contribution < 1.29 is 18.7 Å². The Balaban J connectivity index is 2.23. The zero-order valence-corrected chi connectivity index (χ0v) is 15.2. The molecule has 0 aliphatic heterocycles. The molecule has 0 heterocycles. The Kier molecular flexibility index (Phi) is 6.16. The van der Waals surface area contributed by atoms with Crippen LogP contribution in [0.2, 0.25) is 0 Å². The molecule has 2 rings (SSSR count). The number of urea groups is 1. The standard InChI is InChI=1S/C19H22FN3O3/c1-12(14-7-5-6-8-15(14)20)23(3)19(25)22-16-11-13(18(24)21-2)9-10-17(16)26-4/h5-12H,1-4H3,(H,21,24)(H,22,25). The van der Waals surface area contributed by atoms with Crippen LogP contribution in [0.3, 0.4) is 0 Å². The lowest BCUT2D eigenvalue weighted by Gasteiger charge is -2.26. The molecule has 138 valence electrons. The first-order valence-electron chi connectivity index (χ1n) is 8.07. The highest BCUT2D eigenvalue weighted by Gasteiger charge is 2.21. The number of benzene rings is 2. The highest BCUT2D eigenvalue weighted by atomic mass is 19.1. The second-order valence-electron chi connectivity index (χ2n) is 5.73. The first-order chi connectivity index (χ1) is 12.4. The average Bonchev–Trinajstić information content (AvgIpc) is 2.66. The van der Waals surface area contributed by atoms with Gasteiger partial charge in [0.25, 0.3) is 5.91 Å². The van der Waals surface area contributed by atoms with E-state index < -0.39 is 12.1 Å². The van der Waals surface area contributed by atoms with Crippen molar-refractivity contribution in [3.8, 4) is 5.75 Å². The minimum atomic E-state index is -0.482. The van der Waals surface area contributed by atoms with Gasteiger partial charge in [0.2, 0.25) is 0 Å². The van der Waals surface area contributed by atoms with Crippen LogP contribution < -0.4 is 15.4 Å². The molecule has 26 heavy (non-hydrogen) atoms. The van der Waals surface area contributed by atoms with Crippen LogP contribution in [-0.4, -0.2) is 38.0 Å². The third kappa shape index (κ3) is 4.11. The molecule has 0 aromatic heterocycles. The van der Waals surface area contributed by atoms with Gasteiger partial charge in [-0.3, -0.25) is 4.79 Å². The number of halogens is 1. The largest absolute Gasteiger partial charge is 0.495 e. The van der Waals surface area contributed by atoms with E-state index in [-0.39, 0.29) is 11.7 Å². The van der Waals surface area contributed by atoms with Crippen LogP contribution in [-0.2, 0) is 0 Å². The molecule has 0 saturated carbocycles. The quantitative estimate of drug-likeness (QED) is 0.859. The van der Waals surface area contributed by atoms with Crippen molar-refractivity contribution in [3.05, 3.63) is 59.4 Å². The predicted molar refractivity (Wildman–Crippen MR) is 98.0 cm³/mol. The molecule has 7 heteroatoms. The smallest absolute Gasteiger partial charge is 0.322 e. The maximum Gasteiger partial charge on any atom is 0.322 e. The van der Waals surface area contributed by atoms with Gasteiger partial charge >= 0.3 is 6.03 Å². The first-order valence-corrected chi connectivity index (χ1v) is 8.07. The van der Waals surface area contributed by atoms with Crippen molar-refractivity contribution in [2.45, 2.75) is 13.0 Å². The molecule has 0 bridgehead atoms. The molecule has 0 spiro atoms. The molecule has 0 aliphatic carbocycles. The second kappa shape index (κ2) is 8.33. The second-order valence-corrected chi connectivity index (χ2v) is 5.73. The van der Waals surface area contributed by atoms with E-state index in [2.05, 4.69) is 10.6 Å². The number of nitrogens with zero attached hydrogens (tertiary/aromatic N) is 1. The SMILES string of the molecule is CNC(=O)c1ccc(OC)c(NC(=O)N(C)C(C)c2ccccc2F)c1. The minimum Gasteiger partial charge on any atom is -0.495 e. The molecule has 2 aromatic rings. The normalized spacial score (nSPS) is 11.4. The van der Waals surface area contributed by atoms with Crippen LogP contribution in [0.4, 0.5) is 14.9 Å². The van der Waals surface area contributed by atoms with Crippen LogP contribution in [0, 0.1) is 5.82 Å². The Morgan fingerprint density at radius 2 is 1.88 bits per heavy atom. The molecule has 1 atom stereocenters. The van der Waals surface area contributed by atoms with Crippen LogP contribution in [0.25, 0.3) is 0 Å². The number of amides is 3. The van der Waals surface area contributed by atoms with Crippen molar-refractivity contribution in [2.75, 3.05) is 26.5 Å². The Morgan fingerprint density at radius 1 is 1.19 bits per heavy atom. The van der Waals surface area contributed by atoms with Gasteiger partial charge in [-0.2, -0.15) is 0 Å². The topological polar surface area (TPSA) is 70.7 Å². The van der Waals surface area contributed by atoms with Crippen LogP contribution in [0.15, 0.2) is 42.5 Å². The van der Waals surface area contributed by atoms with E-state index in [9.17, 15) is 14.0 Å². The van der Waals surface area contributed by atoms with E-state index in [0.29, 0.717) is 22.6 Å². The molecule has 2 aromatic carbocycles. The molecule has 6 nitrogen and oxygen atoms in total. The third-order valence-corrected chi connectivity index (χ3v) is 4.19. The Hall–Kier alpha value is -3.09. The van der Waals surface area contributed by atoms with E-state index in [1.807, 2.05) is 0 Å². The van der Waals surface area contributed by atoms with Crippen molar-refractivity contribution in [1.29, 1.82) is 0 Å². The summed E-state index contributed by atoms with van der Waals surface area (Å²) in [5.74, 6) is -0.243. The first kappa shape index (κ1) is 19.2. The lowest BCUT2D eigenvalue weighted by molar-refractivity contribution is 0.0963. The van der Waals surface area contributed by atoms with Gasteiger partial charge in [-0.15, -0.1) is 0 Å². The molecule has 1 unspecified atom stereocenters. The van der Waals surface area contributed by atoms with Crippen molar-refractivity contribution >= 4 is 17.6 Å². The minimum absolute atomic E-state index is 0.281. The predicted octanol–water partition coefficient (Wildman–Crippen LogP) is 3.42. The number of methoxy groups -OCH3 is 1. The number of rotatable bonds is 5. The fourth-order valence-corrected chi connectivity index (χ4v) is 2.49. The van der Waals surface area contributed by atoms with Crippen molar-refractivity contribution in [1.82, 2.24) is 10.2 Å². The van der Waals surface area contributed by atoms with Gasteiger partial charge in [0, 0.05) is 25.2 Å². The highest BCUT2D eigenvalue weighted by Crippen LogP contribution is 2.27. The van der Waals surface area contributed by atoms with E-state index >= 15 is 0 Å². The summed E-state index contributed by atoms with van der Waals surface area (Å²) in [6.45, 7) is 1.73. The number of hydrogen-bond acceptors (Lipinski definition) is 3. The van der Waals surface area contributed by atoms with Gasteiger partial charge in [0.05, 0.1) is 18.8 Å². The maximum atomic E-state index is 14.0. The summed E-state index contributed by atoms with van der Waals surface area (Å²) in [7, 11) is 4.56. The molecular formula is C19H22FN3O3. The van der Waals surface area contributed by atoms with Gasteiger partial charge < -0.3 is 20.3 Å².